The monoisotopic (exact) mass is 405 g/mol. The number of benzene rings is 2. The fourth-order valence-corrected chi connectivity index (χ4v) is 2.55. The first-order valence-corrected chi connectivity index (χ1v) is 8.70. The number of nitrogens with one attached hydrogen (secondary N) is 1. The maximum atomic E-state index is 5.90. The van der Waals surface area contributed by atoms with E-state index < -0.39 is 0 Å². The molecule has 0 radical (unpaired) electrons. The molecule has 1 aromatic heterocycles. The van der Waals surface area contributed by atoms with Crippen LogP contribution in [-0.4, -0.2) is 47.6 Å². The van der Waals surface area contributed by atoms with Gasteiger partial charge in [-0.25, -0.2) is 0 Å². The molecular weight excluding hydrogens is 382 g/mol. The molecule has 0 aliphatic heterocycles. The fraction of sp³-hybridized carbons (Fsp3) is 0.316. The molecule has 8 nitrogen and oxygen atoms in total. The third kappa shape index (κ3) is 5.66. The molecule has 0 spiro atoms. The molecule has 1 N–H and O–H groups in total. The van der Waals surface area contributed by atoms with E-state index in [1.807, 2.05) is 48.5 Å². The van der Waals surface area contributed by atoms with Crippen molar-refractivity contribution in [1.82, 2.24) is 25.5 Å². The molecule has 0 saturated carbocycles. The molecule has 2 aromatic carbocycles. The normalized spacial score (nSPS) is 10.4. The summed E-state index contributed by atoms with van der Waals surface area (Å²) >= 11 is 0. The number of aromatic nitrogens is 4. The molecule has 0 saturated heterocycles. The summed E-state index contributed by atoms with van der Waals surface area (Å²) in [7, 11) is 3.32. The van der Waals surface area contributed by atoms with E-state index >= 15 is 0 Å². The Morgan fingerprint density at radius 3 is 2.61 bits per heavy atom. The quantitative estimate of drug-likeness (QED) is 0.519. The number of para-hydroxylation sites is 1. The van der Waals surface area contributed by atoms with Gasteiger partial charge in [0.1, 0.15) is 0 Å². The average Bonchev–Trinajstić information content (AvgIpc) is 3.17. The molecule has 0 bridgehead atoms. The Balaban J connectivity index is 0.00000280. The van der Waals surface area contributed by atoms with Gasteiger partial charge in [-0.1, -0.05) is 29.4 Å². The topological polar surface area (TPSA) is 83.3 Å². The second-order valence-electron chi connectivity index (χ2n) is 5.82. The van der Waals surface area contributed by atoms with Gasteiger partial charge in [-0.05, 0) is 53.2 Å². The van der Waals surface area contributed by atoms with Gasteiger partial charge in [0.05, 0.1) is 12.8 Å². The molecule has 150 valence electrons. The number of hydrogen-bond donors (Lipinski definition) is 1. The highest BCUT2D eigenvalue weighted by molar-refractivity contribution is 5.85. The number of methoxy groups -OCH3 is 2. The summed E-state index contributed by atoms with van der Waals surface area (Å²) in [5, 5.41) is 15.0. The van der Waals surface area contributed by atoms with Crippen LogP contribution < -0.4 is 14.8 Å². The lowest BCUT2D eigenvalue weighted by atomic mass is 10.2. The van der Waals surface area contributed by atoms with E-state index in [1.165, 1.54) is 4.68 Å². The SMILES string of the molecule is COCCCNCc1ccc(Oc2nnnn2-c2ccccc2)c(OC)c1.Cl. The van der Waals surface area contributed by atoms with Gasteiger partial charge >= 0.3 is 6.01 Å². The van der Waals surface area contributed by atoms with Crippen LogP contribution in [0.15, 0.2) is 48.5 Å². The molecule has 3 aromatic rings. The predicted octanol–water partition coefficient (Wildman–Crippen LogP) is 3.01. The summed E-state index contributed by atoms with van der Waals surface area (Å²) in [5.41, 5.74) is 1.91. The van der Waals surface area contributed by atoms with E-state index in [1.54, 1.807) is 14.2 Å². The number of tetrazole rings is 1. The summed E-state index contributed by atoms with van der Waals surface area (Å²) in [5.74, 6) is 1.17. The van der Waals surface area contributed by atoms with Gasteiger partial charge in [-0.15, -0.1) is 12.4 Å². The molecule has 0 unspecified atom stereocenters. The van der Waals surface area contributed by atoms with Gasteiger partial charge < -0.3 is 19.5 Å². The highest BCUT2D eigenvalue weighted by Crippen LogP contribution is 2.32. The van der Waals surface area contributed by atoms with Crippen LogP contribution in [0.2, 0.25) is 0 Å². The molecule has 0 amide bonds. The minimum Gasteiger partial charge on any atom is -0.493 e. The number of rotatable bonds is 10. The Labute approximate surface area is 170 Å². The van der Waals surface area contributed by atoms with Crippen molar-refractivity contribution >= 4 is 12.4 Å². The van der Waals surface area contributed by atoms with Crippen molar-refractivity contribution in [3.05, 3.63) is 54.1 Å². The van der Waals surface area contributed by atoms with Crippen LogP contribution in [0.1, 0.15) is 12.0 Å². The van der Waals surface area contributed by atoms with E-state index in [4.69, 9.17) is 14.2 Å². The van der Waals surface area contributed by atoms with Crippen LogP contribution in [0.3, 0.4) is 0 Å². The van der Waals surface area contributed by atoms with E-state index in [0.717, 1.165) is 37.4 Å². The maximum absolute atomic E-state index is 5.90. The van der Waals surface area contributed by atoms with Crippen LogP contribution in [-0.2, 0) is 11.3 Å². The lowest BCUT2D eigenvalue weighted by Crippen LogP contribution is -2.16. The number of ether oxygens (including phenoxy) is 3. The van der Waals surface area contributed by atoms with Gasteiger partial charge in [-0.2, -0.15) is 4.68 Å². The van der Waals surface area contributed by atoms with Crippen LogP contribution in [0.4, 0.5) is 0 Å². The highest BCUT2D eigenvalue weighted by Gasteiger charge is 2.14. The number of nitrogens with zero attached hydrogens (tertiary/aromatic N) is 4. The zero-order chi connectivity index (χ0) is 18.9. The number of halogens is 1. The van der Waals surface area contributed by atoms with Gasteiger partial charge in [0.15, 0.2) is 11.5 Å². The van der Waals surface area contributed by atoms with Gasteiger partial charge in [0, 0.05) is 20.3 Å². The van der Waals surface area contributed by atoms with Crippen LogP contribution in [0, 0.1) is 0 Å². The Bertz CT molecular complexity index is 845. The van der Waals surface area contributed by atoms with E-state index in [-0.39, 0.29) is 18.4 Å². The first-order valence-electron chi connectivity index (χ1n) is 8.70. The largest absolute Gasteiger partial charge is 0.493 e. The second kappa shape index (κ2) is 11.2. The Hall–Kier alpha value is -2.68. The summed E-state index contributed by atoms with van der Waals surface area (Å²) in [6.45, 7) is 2.38. The zero-order valence-corrected chi connectivity index (χ0v) is 16.7. The van der Waals surface area contributed by atoms with Gasteiger partial charge in [-0.3, -0.25) is 0 Å². The molecule has 1 heterocycles. The van der Waals surface area contributed by atoms with Crippen molar-refractivity contribution in [2.45, 2.75) is 13.0 Å². The molecule has 0 aliphatic rings. The summed E-state index contributed by atoms with van der Waals surface area (Å²) in [6, 6.07) is 15.6. The second-order valence-corrected chi connectivity index (χ2v) is 5.82. The van der Waals surface area contributed by atoms with Gasteiger partial charge in [0.25, 0.3) is 0 Å². The predicted molar refractivity (Wildman–Crippen MR) is 108 cm³/mol. The molecular formula is C19H24ClN5O3. The summed E-state index contributed by atoms with van der Waals surface area (Å²) in [4.78, 5) is 0. The Kier molecular flexibility index (Phi) is 8.67. The van der Waals surface area contributed by atoms with E-state index in [2.05, 4.69) is 20.8 Å². The van der Waals surface area contributed by atoms with Crippen molar-refractivity contribution in [1.29, 1.82) is 0 Å². The molecule has 0 fully saturated rings. The van der Waals surface area contributed by atoms with Crippen molar-refractivity contribution < 1.29 is 14.2 Å². The van der Waals surface area contributed by atoms with Crippen molar-refractivity contribution in [3.63, 3.8) is 0 Å². The van der Waals surface area contributed by atoms with Crippen LogP contribution in [0.25, 0.3) is 5.69 Å². The molecule has 0 aliphatic carbocycles. The van der Waals surface area contributed by atoms with Crippen molar-refractivity contribution in [2.75, 3.05) is 27.4 Å². The molecule has 9 heteroatoms. The van der Waals surface area contributed by atoms with E-state index in [9.17, 15) is 0 Å². The first kappa shape index (κ1) is 21.6. The Morgan fingerprint density at radius 1 is 1.04 bits per heavy atom. The third-order valence-corrected chi connectivity index (χ3v) is 3.90. The van der Waals surface area contributed by atoms with E-state index in [0.29, 0.717) is 11.5 Å². The molecule has 28 heavy (non-hydrogen) atoms. The summed E-state index contributed by atoms with van der Waals surface area (Å²) < 4.78 is 18.0. The minimum absolute atomic E-state index is 0. The summed E-state index contributed by atoms with van der Waals surface area (Å²) in [6.07, 6.45) is 0.969. The van der Waals surface area contributed by atoms with Gasteiger partial charge in [0.2, 0.25) is 0 Å². The lowest BCUT2D eigenvalue weighted by molar-refractivity contribution is 0.194. The first-order chi connectivity index (χ1) is 13.3. The fourth-order valence-electron chi connectivity index (χ4n) is 2.55. The van der Waals surface area contributed by atoms with Crippen LogP contribution in [0.5, 0.6) is 17.5 Å². The van der Waals surface area contributed by atoms with Crippen LogP contribution >= 0.6 is 12.4 Å². The van der Waals surface area contributed by atoms with Crippen molar-refractivity contribution in [2.24, 2.45) is 0 Å². The zero-order valence-electron chi connectivity index (χ0n) is 15.9. The third-order valence-electron chi connectivity index (χ3n) is 3.90. The standard InChI is InChI=1S/C19H23N5O3.ClH/c1-25-12-6-11-20-14-15-9-10-17(18(13-15)26-2)27-19-21-22-23-24(19)16-7-4-3-5-8-16;/h3-5,7-10,13,20H,6,11-12,14H2,1-2H3;1H. The van der Waals surface area contributed by atoms with Crippen molar-refractivity contribution in [3.8, 4) is 23.2 Å². The highest BCUT2D eigenvalue weighted by atomic mass is 35.5. The average molecular weight is 406 g/mol. The lowest BCUT2D eigenvalue weighted by Gasteiger charge is -2.12. The number of hydrogen-bond acceptors (Lipinski definition) is 7. The molecule has 3 rings (SSSR count). The smallest absolute Gasteiger partial charge is 0.346 e. The minimum atomic E-state index is 0. The molecule has 0 atom stereocenters. The maximum Gasteiger partial charge on any atom is 0.346 e. The Morgan fingerprint density at radius 2 is 1.86 bits per heavy atom.